The minimum Gasteiger partial charge on any atom is -0.395 e. The first-order valence-corrected chi connectivity index (χ1v) is 12.3. The number of ether oxygens (including phenoxy) is 1. The molecule has 1 fully saturated rings. The van der Waals surface area contributed by atoms with Crippen molar-refractivity contribution in [1.29, 1.82) is 0 Å². The van der Waals surface area contributed by atoms with E-state index in [4.69, 9.17) is 9.72 Å². The number of likely N-dealkylation sites (tertiary alicyclic amines) is 1. The summed E-state index contributed by atoms with van der Waals surface area (Å²) in [6, 6.07) is 9.53. The number of nitrogens with zero attached hydrogens (tertiary/aromatic N) is 4. The van der Waals surface area contributed by atoms with Crippen molar-refractivity contribution >= 4 is 23.4 Å². The van der Waals surface area contributed by atoms with Crippen LogP contribution in [-0.2, 0) is 10.2 Å². The van der Waals surface area contributed by atoms with Crippen LogP contribution in [0.15, 0.2) is 42.7 Å². The third-order valence-corrected chi connectivity index (χ3v) is 7.27. The summed E-state index contributed by atoms with van der Waals surface area (Å²) in [6.07, 6.45) is 5.45. The van der Waals surface area contributed by atoms with Gasteiger partial charge < -0.3 is 25.4 Å². The Morgan fingerprint density at radius 1 is 1.25 bits per heavy atom. The Bertz CT molecular complexity index is 1270. The lowest BCUT2D eigenvalue weighted by molar-refractivity contribution is 0.0350. The second kappa shape index (κ2) is 9.83. The normalized spacial score (nSPS) is 19.6. The van der Waals surface area contributed by atoms with Crippen molar-refractivity contribution < 1.29 is 14.6 Å². The van der Waals surface area contributed by atoms with Crippen molar-refractivity contribution in [2.24, 2.45) is 0 Å². The number of hydrogen-bond donors (Lipinski definition) is 3. The Morgan fingerprint density at radius 3 is 2.78 bits per heavy atom. The van der Waals surface area contributed by atoms with E-state index < -0.39 is 0 Å². The molecule has 9 nitrogen and oxygen atoms in total. The fourth-order valence-electron chi connectivity index (χ4n) is 4.84. The van der Waals surface area contributed by atoms with Crippen LogP contribution < -0.4 is 10.6 Å². The van der Waals surface area contributed by atoms with Crippen LogP contribution in [0, 0.1) is 6.92 Å². The average Bonchev–Trinajstić information content (AvgIpc) is 3.26. The van der Waals surface area contributed by atoms with Gasteiger partial charge in [0.1, 0.15) is 5.82 Å². The molecule has 0 bridgehead atoms. The lowest BCUT2D eigenvalue weighted by Gasteiger charge is -2.31. The summed E-state index contributed by atoms with van der Waals surface area (Å²) in [4.78, 5) is 28.5. The SMILES string of the molecule is COC1CCN(C(=O)c2ccc(Nc3nccc(-c4cnc5c(c4)C(C)(CO)CN5)n3)c(C)c2)CC1. The number of carbonyl (C=O) groups excluding carboxylic acids is 1. The second-order valence-electron chi connectivity index (χ2n) is 9.84. The fraction of sp³-hybridized carbons (Fsp3) is 0.407. The van der Waals surface area contributed by atoms with Crippen molar-refractivity contribution in [3.8, 4) is 11.3 Å². The molecule has 1 unspecified atom stereocenters. The molecule has 0 aliphatic carbocycles. The average molecular weight is 489 g/mol. The van der Waals surface area contributed by atoms with Gasteiger partial charge in [-0.05, 0) is 55.7 Å². The smallest absolute Gasteiger partial charge is 0.253 e. The summed E-state index contributed by atoms with van der Waals surface area (Å²) in [5, 5.41) is 16.4. The third kappa shape index (κ3) is 4.64. The molecule has 0 saturated carbocycles. The number of piperidine rings is 1. The molecule has 36 heavy (non-hydrogen) atoms. The zero-order chi connectivity index (χ0) is 25.3. The molecule has 0 spiro atoms. The number of rotatable bonds is 6. The van der Waals surface area contributed by atoms with Gasteiger partial charge in [0.25, 0.3) is 5.91 Å². The monoisotopic (exact) mass is 488 g/mol. The zero-order valence-corrected chi connectivity index (χ0v) is 20.9. The van der Waals surface area contributed by atoms with E-state index in [-0.39, 0.29) is 24.0 Å². The topological polar surface area (TPSA) is 112 Å². The van der Waals surface area contributed by atoms with E-state index in [2.05, 4.69) is 20.6 Å². The number of hydrogen-bond acceptors (Lipinski definition) is 8. The lowest BCUT2D eigenvalue weighted by atomic mass is 9.85. The van der Waals surface area contributed by atoms with Gasteiger partial charge in [-0.25, -0.2) is 15.0 Å². The first kappa shape index (κ1) is 24.1. The van der Waals surface area contributed by atoms with Gasteiger partial charge in [-0.1, -0.05) is 6.92 Å². The highest BCUT2D eigenvalue weighted by Crippen LogP contribution is 2.37. The predicted molar refractivity (Wildman–Crippen MR) is 139 cm³/mol. The summed E-state index contributed by atoms with van der Waals surface area (Å²) in [6.45, 7) is 6.09. The molecule has 188 valence electrons. The van der Waals surface area contributed by atoms with Crippen LogP contribution in [0.1, 0.15) is 41.3 Å². The number of aryl methyl sites for hydroxylation is 1. The number of aliphatic hydroxyl groups excluding tert-OH is 1. The molecule has 4 heterocycles. The van der Waals surface area contributed by atoms with Crippen LogP contribution in [0.2, 0.25) is 0 Å². The predicted octanol–water partition coefficient (Wildman–Crippen LogP) is 3.52. The Kier molecular flexibility index (Phi) is 6.59. The van der Waals surface area contributed by atoms with Crippen LogP contribution >= 0.6 is 0 Å². The number of aromatic nitrogens is 3. The number of methoxy groups -OCH3 is 1. The van der Waals surface area contributed by atoms with E-state index in [1.165, 1.54) is 0 Å². The molecule has 1 amide bonds. The number of anilines is 3. The van der Waals surface area contributed by atoms with Crippen LogP contribution in [0.5, 0.6) is 0 Å². The molecule has 0 radical (unpaired) electrons. The van der Waals surface area contributed by atoms with Crippen molar-refractivity contribution in [3.63, 3.8) is 0 Å². The number of amides is 1. The number of fused-ring (bicyclic) bond motifs is 1. The van der Waals surface area contributed by atoms with Crippen LogP contribution in [0.4, 0.5) is 17.5 Å². The number of carbonyl (C=O) groups is 1. The Morgan fingerprint density at radius 2 is 2.06 bits per heavy atom. The quantitative estimate of drug-likeness (QED) is 0.483. The molecular weight excluding hydrogens is 456 g/mol. The van der Waals surface area contributed by atoms with E-state index >= 15 is 0 Å². The highest BCUT2D eigenvalue weighted by Gasteiger charge is 2.35. The summed E-state index contributed by atoms with van der Waals surface area (Å²) in [5.41, 5.74) is 4.65. The van der Waals surface area contributed by atoms with Gasteiger partial charge in [-0.3, -0.25) is 4.79 Å². The molecule has 3 aromatic rings. The van der Waals surface area contributed by atoms with E-state index in [0.717, 1.165) is 46.7 Å². The molecule has 9 heteroatoms. The van der Waals surface area contributed by atoms with Gasteiger partial charge in [0.05, 0.1) is 18.4 Å². The number of benzene rings is 1. The second-order valence-corrected chi connectivity index (χ2v) is 9.84. The number of aliphatic hydroxyl groups is 1. The molecular formula is C27H32N6O3. The highest BCUT2D eigenvalue weighted by molar-refractivity contribution is 5.95. The van der Waals surface area contributed by atoms with Gasteiger partial charge in [-0.2, -0.15) is 0 Å². The summed E-state index contributed by atoms with van der Waals surface area (Å²) >= 11 is 0. The molecule has 5 rings (SSSR count). The minimum atomic E-state index is -0.373. The van der Waals surface area contributed by atoms with Gasteiger partial charge >= 0.3 is 0 Å². The molecule has 3 N–H and O–H groups in total. The van der Waals surface area contributed by atoms with E-state index in [1.807, 2.05) is 49.1 Å². The molecule has 2 aliphatic rings. The molecule has 1 saturated heterocycles. The van der Waals surface area contributed by atoms with Crippen molar-refractivity contribution in [2.75, 3.05) is 44.0 Å². The van der Waals surface area contributed by atoms with Crippen LogP contribution in [0.3, 0.4) is 0 Å². The largest absolute Gasteiger partial charge is 0.395 e. The maximum Gasteiger partial charge on any atom is 0.253 e. The van der Waals surface area contributed by atoms with Gasteiger partial charge in [0.15, 0.2) is 0 Å². The first-order valence-electron chi connectivity index (χ1n) is 12.3. The third-order valence-electron chi connectivity index (χ3n) is 7.27. The standard InChI is InChI=1S/C27H32N6O3/c1-17-12-18(25(35)33-10-7-20(36-3)8-11-33)4-5-22(17)31-26-28-9-6-23(32-26)19-13-21-24(29-14-19)30-15-27(21,2)16-34/h4-6,9,12-14,20,34H,7-8,10-11,15-16H2,1-3H3,(H,29,30)(H,28,31,32). The number of nitrogens with one attached hydrogen (secondary N) is 2. The molecule has 2 aliphatic heterocycles. The summed E-state index contributed by atoms with van der Waals surface area (Å²) < 4.78 is 5.41. The Hall–Kier alpha value is -3.56. The molecule has 2 aromatic heterocycles. The summed E-state index contributed by atoms with van der Waals surface area (Å²) in [7, 11) is 1.73. The maximum absolute atomic E-state index is 13.0. The highest BCUT2D eigenvalue weighted by atomic mass is 16.5. The Balaban J connectivity index is 1.32. The van der Waals surface area contributed by atoms with Gasteiger partial charge in [0.2, 0.25) is 5.95 Å². The maximum atomic E-state index is 13.0. The van der Waals surface area contributed by atoms with Crippen LogP contribution in [-0.4, -0.2) is 70.3 Å². The lowest BCUT2D eigenvalue weighted by Crippen LogP contribution is -2.40. The van der Waals surface area contributed by atoms with Gasteiger partial charge in [0, 0.05) is 66.9 Å². The summed E-state index contributed by atoms with van der Waals surface area (Å²) in [5.74, 6) is 1.31. The van der Waals surface area contributed by atoms with Crippen molar-refractivity contribution in [1.82, 2.24) is 19.9 Å². The number of pyridine rings is 1. The van der Waals surface area contributed by atoms with E-state index in [0.29, 0.717) is 31.1 Å². The fourth-order valence-corrected chi connectivity index (χ4v) is 4.84. The van der Waals surface area contributed by atoms with E-state index in [9.17, 15) is 9.90 Å². The minimum absolute atomic E-state index is 0.0396. The first-order chi connectivity index (χ1) is 17.4. The Labute approximate surface area is 211 Å². The zero-order valence-electron chi connectivity index (χ0n) is 20.9. The van der Waals surface area contributed by atoms with E-state index in [1.54, 1.807) is 19.5 Å². The van der Waals surface area contributed by atoms with Crippen LogP contribution in [0.25, 0.3) is 11.3 Å². The van der Waals surface area contributed by atoms with Crippen molar-refractivity contribution in [3.05, 3.63) is 59.4 Å². The van der Waals surface area contributed by atoms with Crippen molar-refractivity contribution in [2.45, 2.75) is 38.2 Å². The molecule has 1 atom stereocenters. The van der Waals surface area contributed by atoms with Gasteiger partial charge in [-0.15, -0.1) is 0 Å². The molecule has 1 aromatic carbocycles.